The molecule has 1 aromatic heterocycles. The average Bonchev–Trinajstić information content (AvgIpc) is 2.94. The van der Waals surface area contributed by atoms with Gasteiger partial charge in [0.05, 0.1) is 10.2 Å². The van der Waals surface area contributed by atoms with Crippen LogP contribution in [0, 0.1) is 0 Å². The zero-order chi connectivity index (χ0) is 15.8. The molecule has 0 radical (unpaired) electrons. The monoisotopic (exact) mass is 390 g/mol. The van der Waals surface area contributed by atoms with Crippen LogP contribution in [0.3, 0.4) is 0 Å². The molecule has 23 heavy (non-hydrogen) atoms. The fourth-order valence-electron chi connectivity index (χ4n) is 2.29. The predicted octanol–water partition coefficient (Wildman–Crippen LogP) is 4.08. The zero-order valence-electron chi connectivity index (χ0n) is 11.8. The van der Waals surface area contributed by atoms with Crippen molar-refractivity contribution in [1.82, 2.24) is 4.98 Å². The summed E-state index contributed by atoms with van der Waals surface area (Å²) in [6, 6.07) is 10.9. The second-order valence-electron chi connectivity index (χ2n) is 4.94. The molecule has 0 fully saturated rings. The number of benzene rings is 2. The Morgan fingerprint density at radius 3 is 2.57 bits per heavy atom. The number of nitrogens with zero attached hydrogens (tertiary/aromatic N) is 1. The number of nitrogens with one attached hydrogen (secondary N) is 1. The Bertz CT molecular complexity index is 849. The van der Waals surface area contributed by atoms with Crippen LogP contribution in [0.5, 0.6) is 11.5 Å². The number of halogens is 1. The fraction of sp³-hybridized carbons (Fsp3) is 0.125. The summed E-state index contributed by atoms with van der Waals surface area (Å²) in [5.74, 6) is 1.23. The molecule has 0 saturated carbocycles. The number of anilines is 1. The lowest BCUT2D eigenvalue weighted by atomic mass is 10.2. The van der Waals surface area contributed by atoms with Crippen molar-refractivity contribution in [3.8, 4) is 11.5 Å². The number of rotatable bonds is 2. The Morgan fingerprint density at radius 2 is 1.83 bits per heavy atom. The van der Waals surface area contributed by atoms with Gasteiger partial charge in [-0.25, -0.2) is 4.98 Å². The van der Waals surface area contributed by atoms with E-state index in [4.69, 9.17) is 9.47 Å². The summed E-state index contributed by atoms with van der Waals surface area (Å²) in [6.07, 6.45) is 0. The van der Waals surface area contributed by atoms with E-state index in [0.717, 1.165) is 20.4 Å². The van der Waals surface area contributed by atoms with Crippen LogP contribution < -0.4 is 14.8 Å². The molecule has 0 unspecified atom stereocenters. The molecule has 0 aliphatic carbocycles. The van der Waals surface area contributed by atoms with E-state index < -0.39 is 0 Å². The van der Waals surface area contributed by atoms with E-state index in [9.17, 15) is 4.79 Å². The van der Waals surface area contributed by atoms with E-state index in [-0.39, 0.29) is 5.91 Å². The van der Waals surface area contributed by atoms with E-state index in [1.165, 1.54) is 11.3 Å². The van der Waals surface area contributed by atoms with E-state index in [1.54, 1.807) is 12.1 Å². The molecule has 5 nitrogen and oxygen atoms in total. The molecule has 2 aromatic carbocycles. The molecule has 0 spiro atoms. The van der Waals surface area contributed by atoms with Crippen molar-refractivity contribution in [2.45, 2.75) is 0 Å². The third-order valence-corrected chi connectivity index (χ3v) is 4.84. The number of hydrogen-bond donors (Lipinski definition) is 1. The van der Waals surface area contributed by atoms with Gasteiger partial charge in [-0.15, -0.1) is 0 Å². The largest absolute Gasteiger partial charge is 0.486 e. The number of ether oxygens (including phenoxy) is 2. The number of amides is 1. The van der Waals surface area contributed by atoms with Gasteiger partial charge < -0.3 is 9.47 Å². The zero-order valence-corrected chi connectivity index (χ0v) is 14.2. The first kappa shape index (κ1) is 14.5. The molecular weight excluding hydrogens is 380 g/mol. The van der Waals surface area contributed by atoms with Gasteiger partial charge in [0.1, 0.15) is 13.2 Å². The first-order chi connectivity index (χ1) is 11.2. The van der Waals surface area contributed by atoms with Crippen LogP contribution in [0.25, 0.3) is 10.2 Å². The van der Waals surface area contributed by atoms with Crippen molar-refractivity contribution in [1.29, 1.82) is 0 Å². The van der Waals surface area contributed by atoms with E-state index in [2.05, 4.69) is 26.2 Å². The third-order valence-electron chi connectivity index (χ3n) is 3.38. The lowest BCUT2D eigenvalue weighted by Crippen LogP contribution is -2.15. The number of hydrogen-bond acceptors (Lipinski definition) is 5. The maximum Gasteiger partial charge on any atom is 0.257 e. The summed E-state index contributed by atoms with van der Waals surface area (Å²) in [6.45, 7) is 1.08. The molecule has 3 aromatic rings. The van der Waals surface area contributed by atoms with Gasteiger partial charge in [0.15, 0.2) is 16.6 Å². The maximum absolute atomic E-state index is 12.2. The third kappa shape index (κ3) is 2.89. The van der Waals surface area contributed by atoms with Crippen LogP contribution in [0.4, 0.5) is 5.13 Å². The molecule has 0 saturated heterocycles. The Hall–Kier alpha value is -2.12. The average molecular weight is 391 g/mol. The molecule has 1 N–H and O–H groups in total. The Morgan fingerprint density at radius 1 is 1.13 bits per heavy atom. The first-order valence-corrected chi connectivity index (χ1v) is 8.57. The van der Waals surface area contributed by atoms with Crippen molar-refractivity contribution in [2.75, 3.05) is 18.5 Å². The van der Waals surface area contributed by atoms with Crippen LogP contribution >= 0.6 is 27.3 Å². The van der Waals surface area contributed by atoms with E-state index in [1.807, 2.05) is 24.3 Å². The first-order valence-electron chi connectivity index (χ1n) is 6.96. The molecule has 4 rings (SSSR count). The highest BCUT2D eigenvalue weighted by molar-refractivity contribution is 9.10. The van der Waals surface area contributed by atoms with Gasteiger partial charge in [-0.1, -0.05) is 27.3 Å². The van der Waals surface area contributed by atoms with Crippen LogP contribution in [0.1, 0.15) is 10.4 Å². The van der Waals surface area contributed by atoms with Gasteiger partial charge in [0, 0.05) is 22.2 Å². The summed E-state index contributed by atoms with van der Waals surface area (Å²) < 4.78 is 13.0. The second kappa shape index (κ2) is 5.82. The Balaban J connectivity index is 1.61. The molecule has 2 heterocycles. The van der Waals surface area contributed by atoms with Crippen molar-refractivity contribution in [3.05, 3.63) is 46.4 Å². The number of thiazole rings is 1. The van der Waals surface area contributed by atoms with Gasteiger partial charge in [-0.3, -0.25) is 10.1 Å². The van der Waals surface area contributed by atoms with E-state index >= 15 is 0 Å². The minimum atomic E-state index is -0.186. The number of aromatic nitrogens is 1. The van der Waals surface area contributed by atoms with Crippen LogP contribution in [-0.2, 0) is 0 Å². The summed E-state index contributed by atoms with van der Waals surface area (Å²) in [7, 11) is 0. The molecule has 116 valence electrons. The summed E-state index contributed by atoms with van der Waals surface area (Å²) in [5.41, 5.74) is 1.36. The number of fused-ring (bicyclic) bond motifs is 2. The highest BCUT2D eigenvalue weighted by Gasteiger charge is 2.16. The van der Waals surface area contributed by atoms with Crippen LogP contribution in [-0.4, -0.2) is 24.1 Å². The van der Waals surface area contributed by atoms with Crippen molar-refractivity contribution in [2.24, 2.45) is 0 Å². The van der Waals surface area contributed by atoms with Gasteiger partial charge in [0.25, 0.3) is 5.91 Å². The summed E-state index contributed by atoms with van der Waals surface area (Å²) >= 11 is 4.76. The summed E-state index contributed by atoms with van der Waals surface area (Å²) in [4.78, 5) is 16.7. The topological polar surface area (TPSA) is 60.5 Å². The lowest BCUT2D eigenvalue weighted by molar-refractivity contribution is 0.102. The SMILES string of the molecule is O=C(Nc1nc2cc3c(cc2s1)OCCO3)c1ccc(Br)cc1. The molecular formula is C16H11BrN2O3S. The van der Waals surface area contributed by atoms with Gasteiger partial charge in [-0.05, 0) is 24.3 Å². The smallest absolute Gasteiger partial charge is 0.257 e. The Kier molecular flexibility index (Phi) is 3.66. The molecule has 7 heteroatoms. The maximum atomic E-state index is 12.2. The van der Waals surface area contributed by atoms with Crippen LogP contribution in [0.2, 0.25) is 0 Å². The lowest BCUT2D eigenvalue weighted by Gasteiger charge is -2.17. The highest BCUT2D eigenvalue weighted by Crippen LogP contribution is 2.37. The summed E-state index contributed by atoms with van der Waals surface area (Å²) in [5, 5.41) is 3.38. The van der Waals surface area contributed by atoms with Crippen molar-refractivity contribution in [3.63, 3.8) is 0 Å². The quantitative estimate of drug-likeness (QED) is 0.715. The normalized spacial score (nSPS) is 13.1. The molecule has 0 atom stereocenters. The van der Waals surface area contributed by atoms with Crippen molar-refractivity contribution >= 4 is 48.5 Å². The van der Waals surface area contributed by atoms with Gasteiger partial charge in [-0.2, -0.15) is 0 Å². The fourth-order valence-corrected chi connectivity index (χ4v) is 3.42. The molecule has 1 aliphatic rings. The second-order valence-corrected chi connectivity index (χ2v) is 6.89. The van der Waals surface area contributed by atoms with E-state index in [0.29, 0.717) is 29.7 Å². The van der Waals surface area contributed by atoms with Crippen LogP contribution in [0.15, 0.2) is 40.9 Å². The molecule has 1 amide bonds. The standard InChI is InChI=1S/C16H11BrN2O3S/c17-10-3-1-9(2-4-10)15(20)19-16-18-11-7-12-13(8-14(11)23-16)22-6-5-21-12/h1-4,7-8H,5-6H2,(H,18,19,20). The highest BCUT2D eigenvalue weighted by atomic mass is 79.9. The van der Waals surface area contributed by atoms with Gasteiger partial charge >= 0.3 is 0 Å². The molecule has 1 aliphatic heterocycles. The van der Waals surface area contributed by atoms with Gasteiger partial charge in [0.2, 0.25) is 0 Å². The Labute approximate surface area is 144 Å². The van der Waals surface area contributed by atoms with Crippen molar-refractivity contribution < 1.29 is 14.3 Å². The molecule has 0 bridgehead atoms. The number of carbonyl (C=O) groups is 1. The number of carbonyl (C=O) groups excluding carboxylic acids is 1. The minimum Gasteiger partial charge on any atom is -0.486 e. The predicted molar refractivity (Wildman–Crippen MR) is 92.7 cm³/mol. The minimum absolute atomic E-state index is 0.186.